The lowest BCUT2D eigenvalue weighted by Crippen LogP contribution is -2.15. The molecule has 1 aliphatic carbocycles. The van der Waals surface area contributed by atoms with Crippen LogP contribution in [0.2, 0.25) is 0 Å². The summed E-state index contributed by atoms with van der Waals surface area (Å²) < 4.78 is 0. The fraction of sp³-hybridized carbons (Fsp3) is 0.600. The molecular formula is C60H88O8S4. The molecule has 0 heterocycles. The van der Waals surface area contributed by atoms with Crippen molar-refractivity contribution in [3.63, 3.8) is 0 Å². The summed E-state index contributed by atoms with van der Waals surface area (Å²) in [6.45, 7) is 17.4. The van der Waals surface area contributed by atoms with Crippen LogP contribution in [0.25, 0.3) is 0 Å². The number of fused-ring (bicyclic) bond motifs is 8. The third-order valence-electron chi connectivity index (χ3n) is 15.0. The molecule has 4 aromatic rings. The lowest BCUT2D eigenvalue weighted by molar-refractivity contribution is 0.398. The number of benzene rings is 4. The molecule has 12 heteroatoms. The van der Waals surface area contributed by atoms with Crippen molar-refractivity contribution in [2.75, 3.05) is 46.0 Å². The highest BCUT2D eigenvalue weighted by molar-refractivity contribution is 7.99. The van der Waals surface area contributed by atoms with E-state index in [1.165, 1.54) is 24.3 Å². The van der Waals surface area contributed by atoms with E-state index in [2.05, 4.69) is 55.4 Å². The van der Waals surface area contributed by atoms with Crippen molar-refractivity contribution in [1.82, 2.24) is 0 Å². The predicted molar refractivity (Wildman–Crippen MR) is 311 cm³/mol. The minimum atomic E-state index is -0.590. The van der Waals surface area contributed by atoms with Gasteiger partial charge in [-0.2, -0.15) is 47.0 Å². The highest BCUT2D eigenvalue weighted by atomic mass is 32.2. The third kappa shape index (κ3) is 16.3. The van der Waals surface area contributed by atoms with Crippen LogP contribution in [-0.4, -0.2) is 86.9 Å². The van der Waals surface area contributed by atoms with Crippen molar-refractivity contribution in [3.05, 3.63) is 93.0 Å². The van der Waals surface area contributed by atoms with Crippen molar-refractivity contribution in [3.8, 4) is 46.0 Å². The Labute approximate surface area is 450 Å². The molecule has 8 nitrogen and oxygen atoms in total. The van der Waals surface area contributed by atoms with Crippen molar-refractivity contribution >= 4 is 47.0 Å². The quantitative estimate of drug-likeness (QED) is 0.0255. The zero-order valence-electron chi connectivity index (χ0n) is 44.6. The van der Waals surface area contributed by atoms with Crippen molar-refractivity contribution < 1.29 is 40.9 Å². The van der Waals surface area contributed by atoms with Gasteiger partial charge in [-0.3, -0.25) is 0 Å². The lowest BCUT2D eigenvalue weighted by atomic mass is 9.74. The van der Waals surface area contributed by atoms with Gasteiger partial charge in [-0.25, -0.2) is 0 Å². The highest BCUT2D eigenvalue weighted by Crippen LogP contribution is 2.53. The van der Waals surface area contributed by atoms with Crippen LogP contribution < -0.4 is 0 Å². The zero-order valence-corrected chi connectivity index (χ0v) is 47.9. The van der Waals surface area contributed by atoms with Gasteiger partial charge in [0.25, 0.3) is 0 Å². The number of thioether (sulfide) groups is 4. The Morgan fingerprint density at radius 2 is 0.472 bits per heavy atom. The van der Waals surface area contributed by atoms with E-state index in [1.54, 1.807) is 0 Å². The SMILES string of the molecule is CCSCCC[C@H](C)CC1c2cc(c(O)cc2O)C(C[C@@H](C)CCCSCC)c2cc(c(O)cc2O)C(C[C@@H](C)CCCSCC)c2cc(c(O)cc2O)C(C[C@@H](C)CCCSCC)c2cc1c(O)cc2O. The summed E-state index contributed by atoms with van der Waals surface area (Å²) in [4.78, 5) is 0. The van der Waals surface area contributed by atoms with Crippen LogP contribution in [0.4, 0.5) is 0 Å². The summed E-state index contributed by atoms with van der Waals surface area (Å²) in [7, 11) is 0. The van der Waals surface area contributed by atoms with Gasteiger partial charge in [-0.1, -0.05) is 55.4 Å². The minimum Gasteiger partial charge on any atom is -0.508 e. The maximum atomic E-state index is 12.1. The van der Waals surface area contributed by atoms with Gasteiger partial charge >= 0.3 is 0 Å². The number of hydrogen-bond donors (Lipinski definition) is 8. The van der Waals surface area contributed by atoms with E-state index < -0.39 is 23.7 Å². The molecule has 1 aliphatic rings. The Morgan fingerprint density at radius 3 is 0.625 bits per heavy atom. The van der Waals surface area contributed by atoms with Crippen LogP contribution in [0.5, 0.6) is 46.0 Å². The molecule has 0 fully saturated rings. The normalized spacial score (nSPS) is 18.4. The standard InChI is InChI=1S/C60H88O8S4/c1-9-69-21-13-17-37(5)25-41-45-29-47(55(63)33-53(45)61)42(26-38(6)18-14-22-70-10-2)49-31-51(59(67)35-57(49)65)44(28-40(8)20-16-24-72-12-4)52-32-50(58(66)36-60(52)68)43(27-39(7)19-15-23-71-11-3)48-30-46(41)54(62)34-56(48)64/h29-44,61-68H,9-28H2,1-8H3/t37-,38-,39-,40-,41?,42?,43?,44?/m0/s1. The summed E-state index contributed by atoms with van der Waals surface area (Å²) >= 11 is 7.62. The van der Waals surface area contributed by atoms with Crippen LogP contribution >= 0.6 is 47.0 Å². The van der Waals surface area contributed by atoms with Crippen molar-refractivity contribution in [2.24, 2.45) is 23.7 Å². The Balaban J connectivity index is 1.88. The summed E-state index contributed by atoms with van der Waals surface area (Å²) in [6, 6.07) is 13.1. The molecule has 0 unspecified atom stereocenters. The van der Waals surface area contributed by atoms with Gasteiger partial charge in [-0.15, -0.1) is 0 Å². The molecule has 8 N–H and O–H groups in total. The Morgan fingerprint density at radius 1 is 0.306 bits per heavy atom. The number of aromatic hydroxyl groups is 8. The zero-order chi connectivity index (χ0) is 52.5. The minimum absolute atomic E-state index is 0.119. The molecule has 0 radical (unpaired) electrons. The molecule has 0 spiro atoms. The number of phenols is 8. The molecule has 8 bridgehead atoms. The smallest absolute Gasteiger partial charge is 0.123 e. The molecule has 4 aromatic carbocycles. The van der Waals surface area contributed by atoms with E-state index >= 15 is 0 Å². The van der Waals surface area contributed by atoms with Gasteiger partial charge in [0, 0.05) is 92.4 Å². The molecule has 72 heavy (non-hydrogen) atoms. The third-order valence-corrected chi connectivity index (χ3v) is 19.0. The first kappa shape index (κ1) is 59.6. The second-order valence-corrected chi connectivity index (χ2v) is 26.4. The van der Waals surface area contributed by atoms with Gasteiger partial charge in [0.1, 0.15) is 46.0 Å². The number of hydrogen-bond acceptors (Lipinski definition) is 12. The first-order valence-electron chi connectivity index (χ1n) is 27.1. The molecule has 0 saturated heterocycles. The molecule has 5 rings (SSSR count). The average molecular weight is 1070 g/mol. The van der Waals surface area contributed by atoms with E-state index in [4.69, 9.17) is 0 Å². The second-order valence-electron chi connectivity index (χ2n) is 20.8. The highest BCUT2D eigenvalue weighted by Gasteiger charge is 2.35. The fourth-order valence-corrected chi connectivity index (χ4v) is 13.8. The molecule has 4 atom stereocenters. The molecule has 0 aliphatic heterocycles. The van der Waals surface area contributed by atoms with Crippen LogP contribution in [0.15, 0.2) is 48.5 Å². The molecule has 400 valence electrons. The lowest BCUT2D eigenvalue weighted by Gasteiger charge is -2.31. The van der Waals surface area contributed by atoms with E-state index in [9.17, 15) is 40.9 Å². The summed E-state index contributed by atoms with van der Waals surface area (Å²) in [5, 5.41) is 97.0. The van der Waals surface area contributed by atoms with Gasteiger partial charge in [0.05, 0.1) is 0 Å². The molecule has 0 amide bonds. The fourth-order valence-electron chi connectivity index (χ4n) is 11.2. The summed E-state index contributed by atoms with van der Waals surface area (Å²) in [6.07, 6.45) is 9.84. The summed E-state index contributed by atoms with van der Waals surface area (Å²) in [5.41, 5.74) is 4.17. The van der Waals surface area contributed by atoms with Crippen LogP contribution in [-0.2, 0) is 0 Å². The predicted octanol–water partition coefficient (Wildman–Crippen LogP) is 16.4. The van der Waals surface area contributed by atoms with E-state index in [0.29, 0.717) is 70.2 Å². The molecule has 0 aromatic heterocycles. The Kier molecular flexibility index (Phi) is 24.6. The van der Waals surface area contributed by atoms with Gasteiger partial charge in [0.2, 0.25) is 0 Å². The number of rotatable bonds is 28. The Bertz CT molecular complexity index is 1890. The largest absolute Gasteiger partial charge is 0.508 e. The van der Waals surface area contributed by atoms with Crippen molar-refractivity contribution in [1.29, 1.82) is 0 Å². The topological polar surface area (TPSA) is 162 Å². The monoisotopic (exact) mass is 1060 g/mol. The van der Waals surface area contributed by atoms with E-state index in [-0.39, 0.29) is 69.7 Å². The van der Waals surface area contributed by atoms with Gasteiger partial charge in [-0.05, 0) is 171 Å². The van der Waals surface area contributed by atoms with Crippen molar-refractivity contribution in [2.45, 2.75) is 156 Å². The first-order chi connectivity index (χ1) is 34.5. The van der Waals surface area contributed by atoms with E-state index in [1.807, 2.05) is 71.3 Å². The maximum absolute atomic E-state index is 12.1. The first-order valence-corrected chi connectivity index (χ1v) is 31.7. The van der Waals surface area contributed by atoms with Crippen LogP contribution in [0.3, 0.4) is 0 Å². The molecular weight excluding hydrogens is 977 g/mol. The summed E-state index contributed by atoms with van der Waals surface area (Å²) in [5.74, 6) is 5.53. The molecule has 0 saturated carbocycles. The Hall–Kier alpha value is -3.32. The van der Waals surface area contributed by atoms with Gasteiger partial charge < -0.3 is 40.9 Å². The van der Waals surface area contributed by atoms with Gasteiger partial charge in [0.15, 0.2) is 0 Å². The average Bonchev–Trinajstić information content (AvgIpc) is 3.32. The maximum Gasteiger partial charge on any atom is 0.123 e. The second kappa shape index (κ2) is 29.7. The van der Waals surface area contributed by atoms with Crippen LogP contribution in [0.1, 0.15) is 201 Å². The van der Waals surface area contributed by atoms with E-state index in [0.717, 1.165) is 97.4 Å². The number of phenolic OH excluding ortho intramolecular Hbond substituents is 8. The van der Waals surface area contributed by atoms with Crippen LogP contribution in [0, 0.1) is 23.7 Å².